The second-order valence-corrected chi connectivity index (χ2v) is 5.65. The summed E-state index contributed by atoms with van der Waals surface area (Å²) in [5.41, 5.74) is 3.57. The summed E-state index contributed by atoms with van der Waals surface area (Å²) in [5, 5.41) is 8.05. The minimum Gasteiger partial charge on any atom is -0.496 e. The Morgan fingerprint density at radius 2 is 2.00 bits per heavy atom. The molecule has 0 aliphatic carbocycles. The minimum atomic E-state index is 0.281. The fraction of sp³-hybridized carbons (Fsp3) is 0.471. The van der Waals surface area contributed by atoms with E-state index < -0.39 is 0 Å². The Kier molecular flexibility index (Phi) is 5.02. The molecule has 0 aliphatic rings. The molecule has 1 aromatic carbocycles. The Labute approximate surface area is 127 Å². The van der Waals surface area contributed by atoms with E-state index in [4.69, 9.17) is 4.74 Å². The van der Waals surface area contributed by atoms with Gasteiger partial charge in [0.05, 0.1) is 12.8 Å². The van der Waals surface area contributed by atoms with Crippen LogP contribution < -0.4 is 10.1 Å². The molecule has 0 bridgehead atoms. The fourth-order valence-electron chi connectivity index (χ4n) is 2.82. The molecule has 0 radical (unpaired) electrons. The van der Waals surface area contributed by atoms with Crippen molar-refractivity contribution in [2.45, 2.75) is 39.3 Å². The molecule has 0 aliphatic heterocycles. The molecular weight excluding hydrogens is 262 g/mol. The predicted octanol–water partition coefficient (Wildman–Crippen LogP) is 3.02. The van der Waals surface area contributed by atoms with Crippen molar-refractivity contribution < 1.29 is 4.74 Å². The van der Waals surface area contributed by atoms with E-state index in [-0.39, 0.29) is 6.04 Å². The number of nitrogens with zero attached hydrogens (tertiary/aromatic N) is 2. The molecule has 2 rings (SSSR count). The highest BCUT2D eigenvalue weighted by Gasteiger charge is 2.15. The largest absolute Gasteiger partial charge is 0.496 e. The van der Waals surface area contributed by atoms with E-state index in [1.54, 1.807) is 7.11 Å². The summed E-state index contributed by atoms with van der Waals surface area (Å²) in [6.07, 6.45) is 3.02. The van der Waals surface area contributed by atoms with Crippen molar-refractivity contribution >= 4 is 0 Å². The van der Waals surface area contributed by atoms with Crippen molar-refractivity contribution in [2.24, 2.45) is 7.05 Å². The van der Waals surface area contributed by atoms with Gasteiger partial charge in [0.1, 0.15) is 5.75 Å². The summed E-state index contributed by atoms with van der Waals surface area (Å²) in [5.74, 6) is 0.955. The van der Waals surface area contributed by atoms with Gasteiger partial charge in [0.2, 0.25) is 0 Å². The third-order valence-corrected chi connectivity index (χ3v) is 3.77. The Hall–Kier alpha value is -1.81. The summed E-state index contributed by atoms with van der Waals surface area (Å²) in [7, 11) is 3.68. The van der Waals surface area contributed by atoms with Crippen molar-refractivity contribution in [2.75, 3.05) is 7.11 Å². The van der Waals surface area contributed by atoms with Crippen LogP contribution in [-0.4, -0.2) is 22.9 Å². The molecule has 21 heavy (non-hydrogen) atoms. The average molecular weight is 287 g/mol. The van der Waals surface area contributed by atoms with Crippen molar-refractivity contribution in [3.05, 3.63) is 47.3 Å². The van der Waals surface area contributed by atoms with Crippen LogP contribution in [0.5, 0.6) is 5.75 Å². The number of methoxy groups -OCH3 is 1. The van der Waals surface area contributed by atoms with Gasteiger partial charge in [0.15, 0.2) is 0 Å². The number of aromatic nitrogens is 2. The minimum absolute atomic E-state index is 0.281. The van der Waals surface area contributed by atoms with E-state index in [2.05, 4.69) is 49.5 Å². The molecular formula is C17H25N3O. The third-order valence-electron chi connectivity index (χ3n) is 3.77. The maximum absolute atomic E-state index is 5.42. The zero-order valence-corrected chi connectivity index (χ0v) is 13.6. The van der Waals surface area contributed by atoms with Crippen LogP contribution in [0, 0.1) is 6.92 Å². The fourth-order valence-corrected chi connectivity index (χ4v) is 2.82. The smallest absolute Gasteiger partial charge is 0.122 e. The Balaban J connectivity index is 2.01. The zero-order valence-electron chi connectivity index (χ0n) is 13.6. The van der Waals surface area contributed by atoms with Gasteiger partial charge in [-0.1, -0.05) is 18.2 Å². The predicted molar refractivity (Wildman–Crippen MR) is 85.7 cm³/mol. The van der Waals surface area contributed by atoms with Crippen LogP contribution in [0.15, 0.2) is 30.5 Å². The van der Waals surface area contributed by atoms with E-state index in [0.29, 0.717) is 6.04 Å². The highest BCUT2D eigenvalue weighted by Crippen LogP contribution is 2.21. The summed E-state index contributed by atoms with van der Waals surface area (Å²) in [6, 6.07) is 8.83. The molecule has 1 heterocycles. The lowest BCUT2D eigenvalue weighted by Gasteiger charge is -2.20. The number of hydrogen-bond donors (Lipinski definition) is 1. The molecule has 4 heteroatoms. The Morgan fingerprint density at radius 1 is 1.29 bits per heavy atom. The highest BCUT2D eigenvalue weighted by molar-refractivity contribution is 5.33. The standard InChI is InChI=1S/C17H25N3O/c1-12(10-15-8-6-7-9-17(15)21-5)18-13(2)16-11-20(4)19-14(16)3/h6-9,11-13,18H,10H2,1-5H3. The molecule has 0 spiro atoms. The van der Waals surface area contributed by atoms with Gasteiger partial charge < -0.3 is 10.1 Å². The van der Waals surface area contributed by atoms with Crippen molar-refractivity contribution in [3.63, 3.8) is 0 Å². The topological polar surface area (TPSA) is 39.1 Å². The van der Waals surface area contributed by atoms with E-state index in [9.17, 15) is 0 Å². The van der Waals surface area contributed by atoms with E-state index in [1.165, 1.54) is 11.1 Å². The number of benzene rings is 1. The number of rotatable bonds is 6. The molecule has 0 amide bonds. The van der Waals surface area contributed by atoms with Crippen LogP contribution in [0.4, 0.5) is 0 Å². The Bertz CT molecular complexity index is 591. The van der Waals surface area contributed by atoms with Gasteiger partial charge in [-0.05, 0) is 38.8 Å². The van der Waals surface area contributed by atoms with E-state index in [1.807, 2.05) is 23.9 Å². The number of aryl methyl sites for hydroxylation is 2. The first-order valence-corrected chi connectivity index (χ1v) is 7.39. The number of hydrogen-bond acceptors (Lipinski definition) is 3. The first kappa shape index (κ1) is 15.6. The van der Waals surface area contributed by atoms with Crippen LogP contribution >= 0.6 is 0 Å². The molecule has 2 unspecified atom stereocenters. The van der Waals surface area contributed by atoms with Gasteiger partial charge >= 0.3 is 0 Å². The van der Waals surface area contributed by atoms with Gasteiger partial charge in [-0.15, -0.1) is 0 Å². The number of ether oxygens (including phenoxy) is 1. The molecule has 2 aromatic rings. The summed E-state index contributed by atoms with van der Waals surface area (Å²) >= 11 is 0. The highest BCUT2D eigenvalue weighted by atomic mass is 16.5. The normalized spacial score (nSPS) is 14.0. The van der Waals surface area contributed by atoms with Crippen molar-refractivity contribution in [1.82, 2.24) is 15.1 Å². The van der Waals surface area contributed by atoms with Crippen LogP contribution in [0.3, 0.4) is 0 Å². The third kappa shape index (κ3) is 3.85. The average Bonchev–Trinajstić information content (AvgIpc) is 2.78. The lowest BCUT2D eigenvalue weighted by molar-refractivity contribution is 0.403. The Morgan fingerprint density at radius 3 is 2.62 bits per heavy atom. The molecule has 2 atom stereocenters. The van der Waals surface area contributed by atoms with Crippen LogP contribution in [0.25, 0.3) is 0 Å². The number of para-hydroxylation sites is 1. The maximum atomic E-state index is 5.42. The first-order chi connectivity index (χ1) is 10.0. The molecule has 1 aromatic heterocycles. The summed E-state index contributed by atoms with van der Waals surface area (Å²) in [4.78, 5) is 0. The van der Waals surface area contributed by atoms with E-state index in [0.717, 1.165) is 17.9 Å². The van der Waals surface area contributed by atoms with Crippen molar-refractivity contribution in [3.8, 4) is 5.75 Å². The lowest BCUT2D eigenvalue weighted by Crippen LogP contribution is -2.31. The lowest BCUT2D eigenvalue weighted by atomic mass is 10.0. The zero-order chi connectivity index (χ0) is 15.4. The van der Waals surface area contributed by atoms with Gasteiger partial charge in [0, 0.05) is 30.9 Å². The molecule has 0 saturated carbocycles. The summed E-state index contributed by atoms with van der Waals surface area (Å²) in [6.45, 7) is 6.44. The summed E-state index contributed by atoms with van der Waals surface area (Å²) < 4.78 is 7.29. The number of nitrogens with one attached hydrogen (secondary N) is 1. The maximum Gasteiger partial charge on any atom is 0.122 e. The van der Waals surface area contributed by atoms with Gasteiger partial charge in [-0.3, -0.25) is 4.68 Å². The van der Waals surface area contributed by atoms with Crippen LogP contribution in [0.2, 0.25) is 0 Å². The van der Waals surface area contributed by atoms with Crippen molar-refractivity contribution in [1.29, 1.82) is 0 Å². The van der Waals surface area contributed by atoms with Gasteiger partial charge in [-0.25, -0.2) is 0 Å². The second kappa shape index (κ2) is 6.76. The molecule has 0 saturated heterocycles. The first-order valence-electron chi connectivity index (χ1n) is 7.39. The molecule has 114 valence electrons. The van der Waals surface area contributed by atoms with Crippen LogP contribution in [0.1, 0.15) is 36.7 Å². The molecule has 4 nitrogen and oxygen atoms in total. The van der Waals surface area contributed by atoms with Gasteiger partial charge in [-0.2, -0.15) is 5.10 Å². The van der Waals surface area contributed by atoms with E-state index >= 15 is 0 Å². The molecule has 0 fully saturated rings. The SMILES string of the molecule is COc1ccccc1CC(C)NC(C)c1cn(C)nc1C. The van der Waals surface area contributed by atoms with Gasteiger partial charge in [0.25, 0.3) is 0 Å². The second-order valence-electron chi connectivity index (χ2n) is 5.65. The monoisotopic (exact) mass is 287 g/mol. The molecule has 1 N–H and O–H groups in total. The van der Waals surface area contributed by atoms with Crippen LogP contribution in [-0.2, 0) is 13.5 Å². The quantitative estimate of drug-likeness (QED) is 0.887.